The van der Waals surface area contributed by atoms with E-state index in [0.717, 1.165) is 36.1 Å². The average molecular weight is 385 g/mol. The van der Waals surface area contributed by atoms with E-state index in [9.17, 15) is 9.59 Å². The number of imidazole rings is 1. The lowest BCUT2D eigenvalue weighted by Gasteiger charge is -2.10. The second-order valence-electron chi connectivity index (χ2n) is 7.02. The molecule has 0 radical (unpaired) electrons. The summed E-state index contributed by atoms with van der Waals surface area (Å²) in [7, 11) is 0. The van der Waals surface area contributed by atoms with Gasteiger partial charge in [-0.2, -0.15) is 0 Å². The molecule has 2 aromatic heterocycles. The summed E-state index contributed by atoms with van der Waals surface area (Å²) < 4.78 is 1.68. The maximum absolute atomic E-state index is 12.6. The first kappa shape index (κ1) is 17.8. The van der Waals surface area contributed by atoms with Crippen LogP contribution in [0, 0.1) is 6.92 Å². The molecular weight excluding hydrogens is 364 g/mol. The molecule has 1 amide bonds. The lowest BCUT2D eigenvalue weighted by molar-refractivity contribution is 0.0950. The number of hydrogen-bond donors (Lipinski definition) is 2. The molecule has 6 nitrogen and oxygen atoms in total. The monoisotopic (exact) mass is 384 g/mol. The molecule has 0 saturated heterocycles. The molecule has 140 valence electrons. The van der Waals surface area contributed by atoms with Gasteiger partial charge in [-0.25, -0.2) is 4.98 Å². The molecule has 0 atom stereocenters. The van der Waals surface area contributed by atoms with Gasteiger partial charge in [0.25, 0.3) is 11.5 Å². The first-order chi connectivity index (χ1) is 13.0. The number of pyridine rings is 1. The molecule has 2 N–H and O–H groups in total. The molecule has 1 aromatic carbocycles. The molecular formula is C20H21ClN4O2. The molecule has 0 aliphatic heterocycles. The van der Waals surface area contributed by atoms with Gasteiger partial charge in [0.1, 0.15) is 11.4 Å². The van der Waals surface area contributed by atoms with Crippen molar-refractivity contribution in [1.82, 2.24) is 19.9 Å². The van der Waals surface area contributed by atoms with Gasteiger partial charge in [0.2, 0.25) is 0 Å². The van der Waals surface area contributed by atoms with Gasteiger partial charge in [-0.3, -0.25) is 9.59 Å². The fourth-order valence-electron chi connectivity index (χ4n) is 3.26. The van der Waals surface area contributed by atoms with Crippen molar-refractivity contribution in [3.05, 3.63) is 62.8 Å². The molecule has 3 aromatic rings. The van der Waals surface area contributed by atoms with Crippen LogP contribution in [-0.4, -0.2) is 27.0 Å². The largest absolute Gasteiger partial charge is 0.352 e. The number of carbonyl (C=O) groups is 1. The van der Waals surface area contributed by atoms with Crippen LogP contribution in [0.1, 0.15) is 47.1 Å². The van der Waals surface area contributed by atoms with E-state index in [1.807, 2.05) is 24.3 Å². The Hall–Kier alpha value is -2.60. The average Bonchev–Trinajstić information content (AvgIpc) is 3.38. The maximum Gasteiger partial charge on any atom is 0.263 e. The zero-order valence-electron chi connectivity index (χ0n) is 15.1. The van der Waals surface area contributed by atoms with E-state index >= 15 is 0 Å². The number of halogens is 1. The molecule has 0 unspecified atom stereocenters. The summed E-state index contributed by atoms with van der Waals surface area (Å²) in [6, 6.07) is 7.63. The minimum atomic E-state index is -0.302. The van der Waals surface area contributed by atoms with Crippen LogP contribution in [0.15, 0.2) is 35.3 Å². The Morgan fingerprint density at radius 3 is 2.96 bits per heavy atom. The van der Waals surface area contributed by atoms with Crippen LogP contribution in [0.2, 0.25) is 5.02 Å². The highest BCUT2D eigenvalue weighted by molar-refractivity contribution is 6.31. The number of aromatic nitrogens is 3. The molecule has 27 heavy (non-hydrogen) atoms. The van der Waals surface area contributed by atoms with Crippen molar-refractivity contribution in [3.8, 4) is 0 Å². The molecule has 0 bridgehead atoms. The summed E-state index contributed by atoms with van der Waals surface area (Å²) in [6.07, 6.45) is 5.23. The Kier molecular flexibility index (Phi) is 4.74. The number of hydrogen-bond acceptors (Lipinski definition) is 3. The van der Waals surface area contributed by atoms with Crippen molar-refractivity contribution in [2.24, 2.45) is 0 Å². The van der Waals surface area contributed by atoms with Crippen LogP contribution >= 0.6 is 11.6 Å². The molecule has 7 heteroatoms. The highest BCUT2D eigenvalue weighted by Gasteiger charge is 2.26. The molecule has 1 saturated carbocycles. The maximum atomic E-state index is 12.6. The number of nitrogens with one attached hydrogen (secondary N) is 2. The molecule has 1 aliphatic carbocycles. The van der Waals surface area contributed by atoms with Crippen LogP contribution in [0.25, 0.3) is 11.0 Å². The Morgan fingerprint density at radius 1 is 1.37 bits per heavy atom. The number of fused-ring (bicyclic) bond motifs is 1. The van der Waals surface area contributed by atoms with E-state index in [4.69, 9.17) is 11.6 Å². The summed E-state index contributed by atoms with van der Waals surface area (Å²) in [5, 5.41) is 3.53. The van der Waals surface area contributed by atoms with E-state index in [1.165, 1.54) is 0 Å². The Balaban J connectivity index is 1.37. The predicted molar refractivity (Wildman–Crippen MR) is 105 cm³/mol. The molecule has 4 rings (SSSR count). The fraction of sp³-hybridized carbons (Fsp3) is 0.350. The number of aromatic amines is 1. The van der Waals surface area contributed by atoms with Crippen molar-refractivity contribution in [3.63, 3.8) is 0 Å². The third-order valence-corrected chi connectivity index (χ3v) is 5.10. The van der Waals surface area contributed by atoms with Crippen LogP contribution < -0.4 is 10.9 Å². The van der Waals surface area contributed by atoms with E-state index in [2.05, 4.69) is 15.3 Å². The Labute approximate surface area is 161 Å². The first-order valence-electron chi connectivity index (χ1n) is 9.17. The fourth-order valence-corrected chi connectivity index (χ4v) is 3.43. The van der Waals surface area contributed by atoms with Crippen LogP contribution in [0.3, 0.4) is 0 Å². The molecule has 1 fully saturated rings. The Bertz CT molecular complexity index is 1070. The van der Waals surface area contributed by atoms with Crippen LogP contribution in [0.4, 0.5) is 0 Å². The third-order valence-electron chi connectivity index (χ3n) is 4.86. The van der Waals surface area contributed by atoms with E-state index in [0.29, 0.717) is 23.6 Å². The zero-order valence-corrected chi connectivity index (χ0v) is 15.8. The number of amides is 1. The van der Waals surface area contributed by atoms with Crippen molar-refractivity contribution < 1.29 is 4.79 Å². The Morgan fingerprint density at radius 2 is 2.19 bits per heavy atom. The van der Waals surface area contributed by atoms with E-state index < -0.39 is 0 Å². The van der Waals surface area contributed by atoms with E-state index in [1.54, 1.807) is 17.7 Å². The second kappa shape index (κ2) is 7.19. The summed E-state index contributed by atoms with van der Waals surface area (Å²) in [4.78, 5) is 32.8. The highest BCUT2D eigenvalue weighted by Crippen LogP contribution is 2.33. The molecule has 2 heterocycles. The van der Waals surface area contributed by atoms with Crippen molar-refractivity contribution in [2.45, 2.75) is 38.6 Å². The minimum Gasteiger partial charge on any atom is -0.352 e. The summed E-state index contributed by atoms with van der Waals surface area (Å²) >= 11 is 5.99. The molecule has 0 spiro atoms. The van der Waals surface area contributed by atoms with Crippen molar-refractivity contribution in [1.29, 1.82) is 0 Å². The van der Waals surface area contributed by atoms with Gasteiger partial charge in [-0.1, -0.05) is 11.6 Å². The first-order valence-corrected chi connectivity index (χ1v) is 9.55. The van der Waals surface area contributed by atoms with Crippen molar-refractivity contribution >= 4 is 28.5 Å². The van der Waals surface area contributed by atoms with Gasteiger partial charge in [-0.15, -0.1) is 0 Å². The number of carbonyl (C=O) groups excluding carboxylic acids is 1. The molecule has 1 aliphatic rings. The zero-order chi connectivity index (χ0) is 19.0. The highest BCUT2D eigenvalue weighted by atomic mass is 35.5. The quantitative estimate of drug-likeness (QED) is 0.639. The summed E-state index contributed by atoms with van der Waals surface area (Å²) in [6.45, 7) is 2.28. The van der Waals surface area contributed by atoms with Gasteiger partial charge in [0.05, 0.1) is 11.0 Å². The smallest absolute Gasteiger partial charge is 0.263 e. The summed E-state index contributed by atoms with van der Waals surface area (Å²) in [5.74, 6) is 0.553. The topological polar surface area (TPSA) is 79.8 Å². The lowest BCUT2D eigenvalue weighted by atomic mass is 10.1. The van der Waals surface area contributed by atoms with E-state index in [-0.39, 0.29) is 23.1 Å². The van der Waals surface area contributed by atoms with Crippen LogP contribution in [0.5, 0.6) is 0 Å². The number of aryl methyl sites for hydroxylation is 2. The summed E-state index contributed by atoms with van der Waals surface area (Å²) in [5.41, 5.74) is 2.55. The lowest BCUT2D eigenvalue weighted by Crippen LogP contribution is -2.34. The van der Waals surface area contributed by atoms with Gasteiger partial charge in [0, 0.05) is 30.2 Å². The third kappa shape index (κ3) is 3.76. The normalized spacial score (nSPS) is 13.9. The van der Waals surface area contributed by atoms with Gasteiger partial charge in [-0.05, 0) is 56.0 Å². The minimum absolute atomic E-state index is 0.191. The standard InChI is InChI=1S/C20H21ClN4O2/c1-12-8-10-25(14-5-6-14)20(27)18(12)19(26)22-9-2-3-17-23-15-7-4-13(21)11-16(15)24-17/h4,7-8,10-11,14H,2-3,5-6,9H2,1H3,(H,22,26)(H,23,24). The number of benzene rings is 1. The number of rotatable bonds is 6. The van der Waals surface area contributed by atoms with Gasteiger partial charge >= 0.3 is 0 Å². The SMILES string of the molecule is Cc1ccn(C2CC2)c(=O)c1C(=O)NCCCc1nc2ccc(Cl)cc2[nH]1. The number of nitrogens with zero attached hydrogens (tertiary/aromatic N) is 2. The predicted octanol–water partition coefficient (Wildman–Crippen LogP) is 3.38. The van der Waals surface area contributed by atoms with Crippen molar-refractivity contribution in [2.75, 3.05) is 6.54 Å². The second-order valence-corrected chi connectivity index (χ2v) is 7.46. The van der Waals surface area contributed by atoms with Crippen LogP contribution in [-0.2, 0) is 6.42 Å². The van der Waals surface area contributed by atoms with Gasteiger partial charge < -0.3 is 14.9 Å². The van der Waals surface area contributed by atoms with Gasteiger partial charge in [0.15, 0.2) is 0 Å². The number of H-pyrrole nitrogens is 1.